The first-order valence-corrected chi connectivity index (χ1v) is 8.13. The topological polar surface area (TPSA) is 62.7 Å². The standard InChI is InChI=1S/C18H17FN4OS/c1-11-3-6-13(7-4-11)17-21-22-18(25)23(17)10-16(24)20-15-8-5-12(2)9-14(15)19/h3-9H,10H2,1-2H3,(H,20,24)(H,22,25). The van der Waals surface area contributed by atoms with Crippen molar-refractivity contribution in [3.8, 4) is 11.4 Å². The molecular formula is C18H17FN4OS. The summed E-state index contributed by atoms with van der Waals surface area (Å²) in [5.74, 6) is -0.291. The van der Waals surface area contributed by atoms with Gasteiger partial charge in [-0.1, -0.05) is 35.9 Å². The number of aryl methyl sites for hydroxylation is 2. The molecule has 0 atom stereocenters. The average Bonchev–Trinajstić information content (AvgIpc) is 2.92. The van der Waals surface area contributed by atoms with Gasteiger partial charge in [0.1, 0.15) is 12.4 Å². The number of carbonyl (C=O) groups is 1. The summed E-state index contributed by atoms with van der Waals surface area (Å²) in [4.78, 5) is 12.3. The normalized spacial score (nSPS) is 10.7. The molecule has 3 rings (SSSR count). The molecule has 2 aromatic carbocycles. The van der Waals surface area contributed by atoms with Crippen LogP contribution in [-0.4, -0.2) is 20.7 Å². The second-order valence-electron chi connectivity index (χ2n) is 5.84. The number of aromatic amines is 1. The van der Waals surface area contributed by atoms with E-state index in [0.717, 1.165) is 16.7 Å². The first kappa shape index (κ1) is 17.0. The third-order valence-electron chi connectivity index (χ3n) is 3.77. The molecule has 1 aromatic heterocycles. The van der Waals surface area contributed by atoms with Crippen molar-refractivity contribution in [2.24, 2.45) is 0 Å². The molecule has 0 aliphatic heterocycles. The Morgan fingerprint density at radius 2 is 1.88 bits per heavy atom. The Kier molecular flexibility index (Phi) is 4.76. The zero-order chi connectivity index (χ0) is 18.0. The van der Waals surface area contributed by atoms with Crippen LogP contribution in [0.25, 0.3) is 11.4 Å². The van der Waals surface area contributed by atoms with Crippen LogP contribution in [0.4, 0.5) is 10.1 Å². The molecule has 0 bridgehead atoms. The highest BCUT2D eigenvalue weighted by molar-refractivity contribution is 7.71. The smallest absolute Gasteiger partial charge is 0.244 e. The van der Waals surface area contributed by atoms with Crippen LogP contribution >= 0.6 is 12.2 Å². The lowest BCUT2D eigenvalue weighted by molar-refractivity contribution is -0.116. The largest absolute Gasteiger partial charge is 0.322 e. The molecule has 5 nitrogen and oxygen atoms in total. The van der Waals surface area contributed by atoms with Gasteiger partial charge in [-0.2, -0.15) is 5.10 Å². The first-order valence-electron chi connectivity index (χ1n) is 7.72. The van der Waals surface area contributed by atoms with E-state index < -0.39 is 5.82 Å². The number of aromatic nitrogens is 3. The average molecular weight is 356 g/mol. The number of anilines is 1. The van der Waals surface area contributed by atoms with E-state index in [-0.39, 0.29) is 18.1 Å². The predicted octanol–water partition coefficient (Wildman–Crippen LogP) is 4.00. The fourth-order valence-electron chi connectivity index (χ4n) is 2.44. The molecule has 0 aliphatic rings. The maximum atomic E-state index is 13.9. The minimum atomic E-state index is -0.470. The van der Waals surface area contributed by atoms with E-state index in [0.29, 0.717) is 10.6 Å². The molecule has 0 saturated carbocycles. The Labute approximate surface area is 149 Å². The molecule has 25 heavy (non-hydrogen) atoms. The zero-order valence-electron chi connectivity index (χ0n) is 13.8. The molecule has 0 unspecified atom stereocenters. The number of hydrogen-bond donors (Lipinski definition) is 2. The quantitative estimate of drug-likeness (QED) is 0.695. The summed E-state index contributed by atoms with van der Waals surface area (Å²) < 4.78 is 15.8. The zero-order valence-corrected chi connectivity index (χ0v) is 14.7. The minimum Gasteiger partial charge on any atom is -0.322 e. The summed E-state index contributed by atoms with van der Waals surface area (Å²) in [6.07, 6.45) is 0. The van der Waals surface area contributed by atoms with Crippen LogP contribution in [0.1, 0.15) is 11.1 Å². The fraction of sp³-hybridized carbons (Fsp3) is 0.167. The molecule has 0 spiro atoms. The molecule has 3 aromatic rings. The van der Waals surface area contributed by atoms with E-state index in [2.05, 4.69) is 15.5 Å². The van der Waals surface area contributed by atoms with E-state index in [4.69, 9.17) is 12.2 Å². The minimum absolute atomic E-state index is 0.0636. The molecule has 0 aliphatic carbocycles. The van der Waals surface area contributed by atoms with Gasteiger partial charge in [-0.3, -0.25) is 14.5 Å². The first-order chi connectivity index (χ1) is 11.9. The van der Waals surface area contributed by atoms with Crippen LogP contribution in [0.3, 0.4) is 0 Å². The highest BCUT2D eigenvalue weighted by Gasteiger charge is 2.13. The van der Waals surface area contributed by atoms with Crippen molar-refractivity contribution >= 4 is 23.8 Å². The van der Waals surface area contributed by atoms with Gasteiger partial charge in [-0.15, -0.1) is 0 Å². The van der Waals surface area contributed by atoms with Gasteiger partial charge in [-0.05, 0) is 43.8 Å². The summed E-state index contributed by atoms with van der Waals surface area (Å²) in [5, 5.41) is 9.46. The number of rotatable bonds is 4. The van der Waals surface area contributed by atoms with Gasteiger partial charge < -0.3 is 5.32 Å². The van der Waals surface area contributed by atoms with E-state index in [1.165, 1.54) is 12.1 Å². The summed E-state index contributed by atoms with van der Waals surface area (Å²) in [6, 6.07) is 12.4. The summed E-state index contributed by atoms with van der Waals surface area (Å²) in [5.41, 5.74) is 2.89. The van der Waals surface area contributed by atoms with Gasteiger partial charge in [-0.25, -0.2) is 4.39 Å². The second-order valence-corrected chi connectivity index (χ2v) is 6.22. The SMILES string of the molecule is Cc1ccc(-c2n[nH]c(=S)n2CC(=O)Nc2ccc(C)cc2F)cc1. The molecular weight excluding hydrogens is 339 g/mol. The molecule has 0 radical (unpaired) electrons. The number of nitrogens with zero attached hydrogens (tertiary/aromatic N) is 2. The Bertz CT molecular complexity index is 975. The van der Waals surface area contributed by atoms with Gasteiger partial charge in [0.05, 0.1) is 5.69 Å². The molecule has 2 N–H and O–H groups in total. The van der Waals surface area contributed by atoms with E-state index in [1.54, 1.807) is 17.6 Å². The van der Waals surface area contributed by atoms with Crippen molar-refractivity contribution in [1.82, 2.24) is 14.8 Å². The van der Waals surface area contributed by atoms with E-state index in [1.807, 2.05) is 31.2 Å². The Hall–Kier alpha value is -2.80. The molecule has 1 heterocycles. The summed E-state index contributed by atoms with van der Waals surface area (Å²) in [7, 11) is 0. The Balaban J connectivity index is 1.83. The van der Waals surface area contributed by atoms with Crippen molar-refractivity contribution in [2.45, 2.75) is 20.4 Å². The van der Waals surface area contributed by atoms with Gasteiger partial charge in [0.15, 0.2) is 10.6 Å². The maximum absolute atomic E-state index is 13.9. The second kappa shape index (κ2) is 6.98. The van der Waals surface area contributed by atoms with Crippen molar-refractivity contribution < 1.29 is 9.18 Å². The van der Waals surface area contributed by atoms with Crippen LogP contribution in [0.15, 0.2) is 42.5 Å². The Morgan fingerprint density at radius 1 is 1.20 bits per heavy atom. The number of amides is 1. The summed E-state index contributed by atoms with van der Waals surface area (Å²) in [6.45, 7) is 3.71. The van der Waals surface area contributed by atoms with Crippen molar-refractivity contribution in [3.63, 3.8) is 0 Å². The third kappa shape index (κ3) is 3.83. The van der Waals surface area contributed by atoms with Crippen LogP contribution in [-0.2, 0) is 11.3 Å². The summed E-state index contributed by atoms with van der Waals surface area (Å²) >= 11 is 5.22. The van der Waals surface area contributed by atoms with Crippen molar-refractivity contribution in [1.29, 1.82) is 0 Å². The Morgan fingerprint density at radius 3 is 2.56 bits per heavy atom. The lowest BCUT2D eigenvalue weighted by Gasteiger charge is -2.09. The molecule has 7 heteroatoms. The van der Waals surface area contributed by atoms with Crippen LogP contribution in [0.2, 0.25) is 0 Å². The number of halogens is 1. The number of H-pyrrole nitrogens is 1. The molecule has 0 saturated heterocycles. The van der Waals surface area contributed by atoms with E-state index in [9.17, 15) is 9.18 Å². The third-order valence-corrected chi connectivity index (χ3v) is 4.08. The maximum Gasteiger partial charge on any atom is 0.244 e. The number of nitrogens with one attached hydrogen (secondary N) is 2. The van der Waals surface area contributed by atoms with Crippen molar-refractivity contribution in [3.05, 3.63) is 64.2 Å². The van der Waals surface area contributed by atoms with Crippen LogP contribution in [0, 0.1) is 24.4 Å². The predicted molar refractivity (Wildman–Crippen MR) is 97.4 cm³/mol. The van der Waals surface area contributed by atoms with Gasteiger partial charge in [0.25, 0.3) is 0 Å². The fourth-order valence-corrected chi connectivity index (χ4v) is 2.64. The molecule has 0 fully saturated rings. The molecule has 128 valence electrons. The highest BCUT2D eigenvalue weighted by atomic mass is 32.1. The lowest BCUT2D eigenvalue weighted by atomic mass is 10.1. The van der Waals surface area contributed by atoms with Crippen molar-refractivity contribution in [2.75, 3.05) is 5.32 Å². The number of carbonyl (C=O) groups excluding carboxylic acids is 1. The van der Waals surface area contributed by atoms with Gasteiger partial charge in [0, 0.05) is 5.56 Å². The lowest BCUT2D eigenvalue weighted by Crippen LogP contribution is -2.20. The van der Waals surface area contributed by atoms with Gasteiger partial charge >= 0.3 is 0 Å². The number of hydrogen-bond acceptors (Lipinski definition) is 3. The number of benzene rings is 2. The highest BCUT2D eigenvalue weighted by Crippen LogP contribution is 2.19. The van der Waals surface area contributed by atoms with Crippen LogP contribution < -0.4 is 5.32 Å². The molecule has 1 amide bonds. The van der Waals surface area contributed by atoms with E-state index >= 15 is 0 Å². The monoisotopic (exact) mass is 356 g/mol. The van der Waals surface area contributed by atoms with Crippen LogP contribution in [0.5, 0.6) is 0 Å². The van der Waals surface area contributed by atoms with Gasteiger partial charge in [0.2, 0.25) is 5.91 Å².